The van der Waals surface area contributed by atoms with Crippen molar-refractivity contribution in [3.8, 4) is 11.4 Å². The number of nitrogens with one attached hydrogen (secondary N) is 3. The van der Waals surface area contributed by atoms with Crippen LogP contribution < -0.4 is 25.8 Å². The van der Waals surface area contributed by atoms with Gasteiger partial charge in [-0.2, -0.15) is 15.0 Å². The highest BCUT2D eigenvalue weighted by Gasteiger charge is 2.21. The van der Waals surface area contributed by atoms with Gasteiger partial charge in [0.05, 0.1) is 26.4 Å². The molecule has 2 aliphatic heterocycles. The summed E-state index contributed by atoms with van der Waals surface area (Å²) in [4.78, 5) is 43.4. The SMILES string of the molecule is COCCNC(=O)c1ccc(NC(=O)Nc2ccc(-c3nc(N4CCCOCC4)nc(N4CCOCC4)n3)cc2)cc1. The molecule has 3 heterocycles. The molecule has 2 aromatic carbocycles. The molecule has 13 heteroatoms. The third kappa shape index (κ3) is 7.90. The van der Waals surface area contributed by atoms with Crippen molar-refractivity contribution in [1.82, 2.24) is 20.3 Å². The van der Waals surface area contributed by atoms with Crippen LogP contribution in [0, 0.1) is 0 Å². The molecule has 0 unspecified atom stereocenters. The number of urea groups is 1. The molecule has 2 aliphatic rings. The van der Waals surface area contributed by atoms with Crippen molar-refractivity contribution in [3.05, 3.63) is 54.1 Å². The summed E-state index contributed by atoms with van der Waals surface area (Å²) < 4.78 is 16.1. The molecule has 2 fully saturated rings. The van der Waals surface area contributed by atoms with E-state index in [1.807, 2.05) is 12.1 Å². The molecule has 0 radical (unpaired) electrons. The molecule has 42 heavy (non-hydrogen) atoms. The number of ether oxygens (including phenoxy) is 3. The average molecular weight is 577 g/mol. The minimum Gasteiger partial charge on any atom is -0.383 e. The van der Waals surface area contributed by atoms with Crippen molar-refractivity contribution in [2.45, 2.75) is 6.42 Å². The number of nitrogens with zero attached hydrogens (tertiary/aromatic N) is 5. The fourth-order valence-electron chi connectivity index (χ4n) is 4.54. The number of aromatic nitrogens is 3. The molecule has 2 saturated heterocycles. The van der Waals surface area contributed by atoms with Gasteiger partial charge in [0, 0.05) is 68.9 Å². The highest BCUT2D eigenvalue weighted by Crippen LogP contribution is 2.24. The van der Waals surface area contributed by atoms with Crippen LogP contribution in [0.4, 0.5) is 28.1 Å². The van der Waals surface area contributed by atoms with Crippen molar-refractivity contribution in [1.29, 1.82) is 0 Å². The van der Waals surface area contributed by atoms with E-state index >= 15 is 0 Å². The average Bonchev–Trinajstić information content (AvgIpc) is 3.32. The molecule has 0 atom stereocenters. The Labute approximate surface area is 244 Å². The third-order valence-electron chi connectivity index (χ3n) is 6.81. The second-order valence-corrected chi connectivity index (χ2v) is 9.79. The second-order valence-electron chi connectivity index (χ2n) is 9.79. The van der Waals surface area contributed by atoms with Gasteiger partial charge in [0.15, 0.2) is 5.82 Å². The summed E-state index contributed by atoms with van der Waals surface area (Å²) in [6.07, 6.45) is 0.907. The molecule has 222 valence electrons. The standard InChI is InChI=1S/C29H36N8O5/c1-40-17-11-30-26(38)22-5-9-24(10-6-22)32-29(39)31-23-7-3-21(4-8-23)25-33-27(36-12-2-16-41-18-13-36)35-28(34-25)37-14-19-42-20-15-37/h3-10H,2,11-20H2,1H3,(H,30,38)(H2,31,32,39). The maximum absolute atomic E-state index is 12.6. The van der Waals surface area contributed by atoms with E-state index in [1.165, 1.54) is 0 Å². The van der Waals surface area contributed by atoms with Gasteiger partial charge in [-0.15, -0.1) is 0 Å². The zero-order valence-corrected chi connectivity index (χ0v) is 23.7. The predicted octanol–water partition coefficient (Wildman–Crippen LogP) is 2.62. The Hall–Kier alpha value is -4.33. The Kier molecular flexibility index (Phi) is 10.1. The minimum absolute atomic E-state index is 0.203. The van der Waals surface area contributed by atoms with Gasteiger partial charge in [0.2, 0.25) is 11.9 Å². The summed E-state index contributed by atoms with van der Waals surface area (Å²) >= 11 is 0. The van der Waals surface area contributed by atoms with Gasteiger partial charge in [-0.1, -0.05) is 0 Å². The Morgan fingerprint density at radius 2 is 1.36 bits per heavy atom. The van der Waals surface area contributed by atoms with Gasteiger partial charge in [0.25, 0.3) is 5.91 Å². The zero-order valence-electron chi connectivity index (χ0n) is 23.7. The Bertz CT molecular complexity index is 1320. The number of carbonyl (C=O) groups excluding carboxylic acids is 2. The van der Waals surface area contributed by atoms with E-state index in [9.17, 15) is 9.59 Å². The number of morpholine rings is 1. The maximum atomic E-state index is 12.6. The van der Waals surface area contributed by atoms with E-state index < -0.39 is 6.03 Å². The minimum atomic E-state index is -0.402. The molecule has 0 bridgehead atoms. The molecular formula is C29H36N8O5. The summed E-state index contributed by atoms with van der Waals surface area (Å²) in [5.41, 5.74) is 2.47. The van der Waals surface area contributed by atoms with Gasteiger partial charge in [-0.05, 0) is 55.0 Å². The number of amides is 3. The number of rotatable bonds is 9. The van der Waals surface area contributed by atoms with E-state index in [-0.39, 0.29) is 5.91 Å². The Morgan fingerprint density at radius 1 is 0.786 bits per heavy atom. The molecule has 1 aromatic heterocycles. The number of carbonyl (C=O) groups is 2. The summed E-state index contributed by atoms with van der Waals surface area (Å²) in [6, 6.07) is 13.6. The molecule has 3 aromatic rings. The highest BCUT2D eigenvalue weighted by atomic mass is 16.5. The lowest BCUT2D eigenvalue weighted by atomic mass is 10.2. The normalized spacial score (nSPS) is 15.5. The first kappa shape index (κ1) is 29.2. The second kappa shape index (κ2) is 14.5. The number of methoxy groups -OCH3 is 1. The number of hydrogen-bond donors (Lipinski definition) is 3. The van der Waals surface area contributed by atoms with Crippen molar-refractivity contribution < 1.29 is 23.8 Å². The van der Waals surface area contributed by atoms with Crippen molar-refractivity contribution in [2.75, 3.05) is 93.3 Å². The van der Waals surface area contributed by atoms with Crippen molar-refractivity contribution in [3.63, 3.8) is 0 Å². The van der Waals surface area contributed by atoms with Gasteiger partial charge < -0.3 is 40.0 Å². The Morgan fingerprint density at radius 3 is 1.98 bits per heavy atom. The molecular weight excluding hydrogens is 540 g/mol. The lowest BCUT2D eigenvalue weighted by Crippen LogP contribution is -2.38. The third-order valence-corrected chi connectivity index (χ3v) is 6.81. The number of benzene rings is 2. The van der Waals surface area contributed by atoms with Crippen molar-refractivity contribution in [2.24, 2.45) is 0 Å². The molecule has 3 amide bonds. The van der Waals surface area contributed by atoms with Crippen LogP contribution in [0.3, 0.4) is 0 Å². The summed E-state index contributed by atoms with van der Waals surface area (Å²) in [5, 5.41) is 8.38. The van der Waals surface area contributed by atoms with Crippen LogP contribution >= 0.6 is 0 Å². The van der Waals surface area contributed by atoms with Crippen LogP contribution in [0.5, 0.6) is 0 Å². The summed E-state index contributed by atoms with van der Waals surface area (Å²) in [5.74, 6) is 1.62. The molecule has 0 saturated carbocycles. The van der Waals surface area contributed by atoms with Crippen LogP contribution in [0.1, 0.15) is 16.8 Å². The van der Waals surface area contributed by atoms with E-state index in [0.29, 0.717) is 87.3 Å². The van der Waals surface area contributed by atoms with E-state index in [0.717, 1.165) is 25.1 Å². The maximum Gasteiger partial charge on any atom is 0.323 e. The first-order chi connectivity index (χ1) is 20.6. The lowest BCUT2D eigenvalue weighted by Gasteiger charge is -2.28. The van der Waals surface area contributed by atoms with Gasteiger partial charge in [-0.3, -0.25) is 4.79 Å². The number of hydrogen-bond acceptors (Lipinski definition) is 10. The summed E-state index contributed by atoms with van der Waals surface area (Å²) in [6.45, 7) is 6.44. The largest absolute Gasteiger partial charge is 0.383 e. The molecule has 13 nitrogen and oxygen atoms in total. The highest BCUT2D eigenvalue weighted by molar-refractivity contribution is 6.00. The van der Waals surface area contributed by atoms with Gasteiger partial charge >= 0.3 is 6.03 Å². The fourth-order valence-corrected chi connectivity index (χ4v) is 4.54. The van der Waals surface area contributed by atoms with Crippen LogP contribution in [-0.2, 0) is 14.2 Å². The van der Waals surface area contributed by atoms with Crippen LogP contribution in [0.2, 0.25) is 0 Å². The molecule has 3 N–H and O–H groups in total. The monoisotopic (exact) mass is 576 g/mol. The quantitative estimate of drug-likeness (QED) is 0.325. The Balaban J connectivity index is 1.25. The predicted molar refractivity (Wildman–Crippen MR) is 159 cm³/mol. The lowest BCUT2D eigenvalue weighted by molar-refractivity contribution is 0.0937. The van der Waals surface area contributed by atoms with Gasteiger partial charge in [-0.25, -0.2) is 4.79 Å². The first-order valence-electron chi connectivity index (χ1n) is 14.1. The van der Waals surface area contributed by atoms with Crippen LogP contribution in [-0.4, -0.2) is 99.8 Å². The number of anilines is 4. The van der Waals surface area contributed by atoms with E-state index in [4.69, 9.17) is 29.2 Å². The van der Waals surface area contributed by atoms with E-state index in [1.54, 1.807) is 43.5 Å². The van der Waals surface area contributed by atoms with Gasteiger partial charge in [0.1, 0.15) is 0 Å². The van der Waals surface area contributed by atoms with E-state index in [2.05, 4.69) is 25.8 Å². The smallest absolute Gasteiger partial charge is 0.323 e. The molecule has 5 rings (SSSR count). The van der Waals surface area contributed by atoms with Crippen LogP contribution in [0.25, 0.3) is 11.4 Å². The zero-order chi connectivity index (χ0) is 29.1. The molecule has 0 aliphatic carbocycles. The summed E-state index contributed by atoms with van der Waals surface area (Å²) in [7, 11) is 1.58. The van der Waals surface area contributed by atoms with Crippen molar-refractivity contribution >= 4 is 35.2 Å². The fraction of sp³-hybridized carbons (Fsp3) is 0.414. The first-order valence-corrected chi connectivity index (χ1v) is 14.1. The van der Waals surface area contributed by atoms with Crippen LogP contribution in [0.15, 0.2) is 48.5 Å². The topological polar surface area (TPSA) is 143 Å². The molecule has 0 spiro atoms.